The van der Waals surface area contributed by atoms with Gasteiger partial charge in [0.1, 0.15) is 0 Å². The average molecular weight is 318 g/mol. The maximum Gasteiger partial charge on any atom is 0.152 e. The molecule has 0 N–H and O–H groups in total. The van der Waals surface area contributed by atoms with Crippen LogP contribution in [-0.4, -0.2) is 12.8 Å². The van der Waals surface area contributed by atoms with Crippen molar-refractivity contribution in [3.05, 3.63) is 58.1 Å². The van der Waals surface area contributed by atoms with Crippen molar-refractivity contribution in [2.24, 2.45) is 0 Å². The Balaban J connectivity index is 2.50. The summed E-state index contributed by atoms with van der Waals surface area (Å²) in [4.78, 5) is 13.4. The Hall–Kier alpha value is -1.61. The number of hydrogen-bond acceptors (Lipinski definition) is 2. The zero-order valence-electron chi connectivity index (χ0n) is 11.1. The summed E-state index contributed by atoms with van der Waals surface area (Å²) in [6, 6.07) is 14.1. The van der Waals surface area contributed by atoms with Gasteiger partial charge in [0.05, 0.1) is 5.69 Å². The molecule has 0 heterocycles. The van der Waals surface area contributed by atoms with Crippen molar-refractivity contribution < 1.29 is 4.79 Å². The quantitative estimate of drug-likeness (QED) is 0.760. The molecule has 2 nitrogen and oxygen atoms in total. The van der Waals surface area contributed by atoms with Crippen molar-refractivity contribution in [3.8, 4) is 0 Å². The average Bonchev–Trinajstić information content (AvgIpc) is 2.41. The first-order valence-corrected chi connectivity index (χ1v) is 7.04. The highest BCUT2D eigenvalue weighted by Crippen LogP contribution is 2.30. The van der Waals surface area contributed by atoms with Crippen LogP contribution < -0.4 is 4.90 Å². The molecule has 0 aliphatic heterocycles. The number of halogens is 1. The first-order valence-electron chi connectivity index (χ1n) is 6.24. The van der Waals surface area contributed by atoms with Crippen LogP contribution in [0, 0.1) is 6.92 Å². The van der Waals surface area contributed by atoms with Gasteiger partial charge in [0.2, 0.25) is 0 Å². The standard InChI is InChI=1S/C16H16BrNO/c1-3-18(15-6-4-5-12(2)9-15)16-8-7-14(17)10-13(16)11-19/h4-11H,3H2,1-2H3. The van der Waals surface area contributed by atoms with Crippen LogP contribution in [0.1, 0.15) is 22.8 Å². The molecule has 19 heavy (non-hydrogen) atoms. The lowest BCUT2D eigenvalue weighted by molar-refractivity contribution is 0.112. The summed E-state index contributed by atoms with van der Waals surface area (Å²) in [5.41, 5.74) is 3.94. The van der Waals surface area contributed by atoms with E-state index in [9.17, 15) is 4.79 Å². The number of aldehydes is 1. The zero-order chi connectivity index (χ0) is 13.8. The predicted molar refractivity (Wildman–Crippen MR) is 83.4 cm³/mol. The van der Waals surface area contributed by atoms with E-state index in [1.54, 1.807) is 0 Å². The van der Waals surface area contributed by atoms with Crippen LogP contribution in [0.25, 0.3) is 0 Å². The van der Waals surface area contributed by atoms with Gasteiger partial charge in [-0.1, -0.05) is 28.1 Å². The van der Waals surface area contributed by atoms with Crippen molar-refractivity contribution in [3.63, 3.8) is 0 Å². The van der Waals surface area contributed by atoms with Gasteiger partial charge in [0.25, 0.3) is 0 Å². The van der Waals surface area contributed by atoms with E-state index in [4.69, 9.17) is 0 Å². The number of benzene rings is 2. The summed E-state index contributed by atoms with van der Waals surface area (Å²) >= 11 is 3.40. The maximum absolute atomic E-state index is 11.3. The molecular formula is C16H16BrNO. The molecule has 0 aliphatic carbocycles. The molecule has 0 bridgehead atoms. The van der Waals surface area contributed by atoms with E-state index >= 15 is 0 Å². The van der Waals surface area contributed by atoms with Gasteiger partial charge in [-0.2, -0.15) is 0 Å². The van der Waals surface area contributed by atoms with E-state index in [2.05, 4.69) is 52.9 Å². The van der Waals surface area contributed by atoms with Crippen molar-refractivity contribution in [1.29, 1.82) is 0 Å². The summed E-state index contributed by atoms with van der Waals surface area (Å²) in [5, 5.41) is 0. The number of nitrogens with zero attached hydrogens (tertiary/aromatic N) is 1. The molecule has 0 amide bonds. The molecular weight excluding hydrogens is 302 g/mol. The fourth-order valence-electron chi connectivity index (χ4n) is 2.15. The Bertz CT molecular complexity index is 595. The Labute approximate surface area is 122 Å². The summed E-state index contributed by atoms with van der Waals surface area (Å²) in [6.07, 6.45) is 0.901. The third-order valence-corrected chi connectivity index (χ3v) is 3.53. The predicted octanol–water partition coefficient (Wildman–Crippen LogP) is 4.73. The van der Waals surface area contributed by atoms with Crippen molar-refractivity contribution in [1.82, 2.24) is 0 Å². The van der Waals surface area contributed by atoms with Crippen LogP contribution in [0.5, 0.6) is 0 Å². The van der Waals surface area contributed by atoms with E-state index in [0.29, 0.717) is 5.56 Å². The first kappa shape index (κ1) is 13.8. The second-order valence-electron chi connectivity index (χ2n) is 4.40. The number of hydrogen-bond donors (Lipinski definition) is 0. The highest BCUT2D eigenvalue weighted by atomic mass is 79.9. The van der Waals surface area contributed by atoms with Gasteiger partial charge in [-0.15, -0.1) is 0 Å². The minimum absolute atomic E-state index is 0.692. The normalized spacial score (nSPS) is 10.3. The highest BCUT2D eigenvalue weighted by Gasteiger charge is 2.12. The molecule has 0 spiro atoms. The number of aryl methyl sites for hydroxylation is 1. The van der Waals surface area contributed by atoms with E-state index in [1.807, 2.05) is 24.3 Å². The summed E-state index contributed by atoms with van der Waals surface area (Å²) in [5.74, 6) is 0. The van der Waals surface area contributed by atoms with E-state index < -0.39 is 0 Å². The van der Waals surface area contributed by atoms with Crippen LogP contribution in [0.2, 0.25) is 0 Å². The minimum atomic E-state index is 0.692. The van der Waals surface area contributed by atoms with Crippen molar-refractivity contribution in [2.45, 2.75) is 13.8 Å². The maximum atomic E-state index is 11.3. The fraction of sp³-hybridized carbons (Fsp3) is 0.188. The second-order valence-corrected chi connectivity index (χ2v) is 5.32. The minimum Gasteiger partial charge on any atom is -0.341 e. The molecule has 0 saturated heterocycles. The lowest BCUT2D eigenvalue weighted by Crippen LogP contribution is -2.17. The van der Waals surface area contributed by atoms with Gasteiger partial charge in [0, 0.05) is 22.3 Å². The SMILES string of the molecule is CCN(c1cccc(C)c1)c1ccc(Br)cc1C=O. The topological polar surface area (TPSA) is 20.3 Å². The van der Waals surface area contributed by atoms with Gasteiger partial charge in [0.15, 0.2) is 6.29 Å². The summed E-state index contributed by atoms with van der Waals surface area (Å²) < 4.78 is 0.915. The molecule has 0 unspecified atom stereocenters. The summed E-state index contributed by atoms with van der Waals surface area (Å²) in [7, 11) is 0. The highest BCUT2D eigenvalue weighted by molar-refractivity contribution is 9.10. The monoisotopic (exact) mass is 317 g/mol. The smallest absolute Gasteiger partial charge is 0.152 e. The van der Waals surface area contributed by atoms with Crippen molar-refractivity contribution >= 4 is 33.6 Å². The van der Waals surface area contributed by atoms with E-state index in [-0.39, 0.29) is 0 Å². The number of anilines is 2. The molecule has 0 atom stereocenters. The molecule has 3 heteroatoms. The molecule has 0 aromatic heterocycles. The van der Waals surface area contributed by atoms with Gasteiger partial charge in [-0.25, -0.2) is 0 Å². The molecule has 2 rings (SSSR count). The van der Waals surface area contributed by atoms with Crippen molar-refractivity contribution in [2.75, 3.05) is 11.4 Å². The Kier molecular flexibility index (Phi) is 4.38. The van der Waals surface area contributed by atoms with Crippen LogP contribution in [0.3, 0.4) is 0 Å². The number of carbonyl (C=O) groups excluding carboxylic acids is 1. The molecule has 2 aromatic carbocycles. The molecule has 2 aromatic rings. The number of carbonyl (C=O) groups is 1. The summed E-state index contributed by atoms with van der Waals surface area (Å²) in [6.45, 7) is 4.96. The van der Waals surface area contributed by atoms with Gasteiger partial charge in [-0.05, 0) is 49.7 Å². The number of rotatable bonds is 4. The third-order valence-electron chi connectivity index (χ3n) is 3.04. The van der Waals surface area contributed by atoms with Gasteiger partial charge in [-0.3, -0.25) is 4.79 Å². The fourth-order valence-corrected chi connectivity index (χ4v) is 2.53. The zero-order valence-corrected chi connectivity index (χ0v) is 12.6. The van der Waals surface area contributed by atoms with Gasteiger partial charge < -0.3 is 4.90 Å². The van der Waals surface area contributed by atoms with Crippen LogP contribution >= 0.6 is 15.9 Å². The second kappa shape index (κ2) is 6.02. The molecule has 0 aliphatic rings. The molecule has 0 saturated carbocycles. The Morgan fingerprint density at radius 2 is 2.00 bits per heavy atom. The molecule has 0 fully saturated rings. The van der Waals surface area contributed by atoms with Crippen LogP contribution in [0.4, 0.5) is 11.4 Å². The van der Waals surface area contributed by atoms with Gasteiger partial charge >= 0.3 is 0 Å². The van der Waals surface area contributed by atoms with E-state index in [0.717, 1.165) is 28.7 Å². The largest absolute Gasteiger partial charge is 0.341 e. The Morgan fingerprint density at radius 1 is 1.21 bits per heavy atom. The Morgan fingerprint density at radius 3 is 2.63 bits per heavy atom. The first-order chi connectivity index (χ1) is 9.15. The van der Waals surface area contributed by atoms with Crippen LogP contribution in [0.15, 0.2) is 46.9 Å². The lowest BCUT2D eigenvalue weighted by Gasteiger charge is -2.25. The molecule has 98 valence electrons. The van der Waals surface area contributed by atoms with E-state index in [1.165, 1.54) is 5.56 Å². The third kappa shape index (κ3) is 3.04. The lowest BCUT2D eigenvalue weighted by atomic mass is 10.1. The molecule has 0 radical (unpaired) electrons. The van der Waals surface area contributed by atoms with Crippen LogP contribution in [-0.2, 0) is 0 Å².